The molecule has 1 unspecified atom stereocenters. The van der Waals surface area contributed by atoms with Crippen LogP contribution in [0.15, 0.2) is 4.99 Å². The summed E-state index contributed by atoms with van der Waals surface area (Å²) in [6.45, 7) is 4.25. The van der Waals surface area contributed by atoms with Crippen LogP contribution < -0.4 is 11.5 Å². The highest BCUT2D eigenvalue weighted by Crippen LogP contribution is 2.26. The Morgan fingerprint density at radius 3 is 2.81 bits per heavy atom. The van der Waals surface area contributed by atoms with Gasteiger partial charge in [0.1, 0.15) is 0 Å². The number of nitrogens with zero attached hydrogens (tertiary/aromatic N) is 3. The van der Waals surface area contributed by atoms with Gasteiger partial charge in [-0.25, -0.2) is 9.97 Å². The Morgan fingerprint density at radius 1 is 1.38 bits per heavy atom. The highest BCUT2D eigenvalue weighted by atomic mass is 15.1. The molecule has 4 N–H and O–H groups in total. The monoisotopic (exact) mass is 219 g/mol. The van der Waals surface area contributed by atoms with Crippen molar-refractivity contribution in [3.8, 4) is 0 Å². The molecule has 0 saturated carbocycles. The quantitative estimate of drug-likeness (QED) is 0.540. The molecule has 2 rings (SSSR count). The van der Waals surface area contributed by atoms with Crippen LogP contribution in [0.2, 0.25) is 0 Å². The van der Waals surface area contributed by atoms with Crippen LogP contribution in [0.4, 0.5) is 5.95 Å². The molecule has 0 spiro atoms. The first-order chi connectivity index (χ1) is 7.56. The van der Waals surface area contributed by atoms with Gasteiger partial charge in [-0.15, -0.1) is 0 Å². The number of hydrogen-bond donors (Lipinski definition) is 2. The number of fused-ring (bicyclic) bond motifs is 1. The molecule has 0 saturated heterocycles. The van der Waals surface area contributed by atoms with E-state index in [1.165, 1.54) is 12.0 Å². The Kier molecular flexibility index (Phi) is 2.77. The van der Waals surface area contributed by atoms with Gasteiger partial charge in [0.25, 0.3) is 5.95 Å². The lowest BCUT2D eigenvalue weighted by molar-refractivity contribution is 0.490. The smallest absolute Gasteiger partial charge is 0.253 e. The first-order valence-electron chi connectivity index (χ1n) is 5.52. The molecule has 1 aliphatic rings. The summed E-state index contributed by atoms with van der Waals surface area (Å²) in [5, 5.41) is 0. The van der Waals surface area contributed by atoms with E-state index in [2.05, 4.69) is 21.9 Å². The van der Waals surface area contributed by atoms with Gasteiger partial charge >= 0.3 is 0 Å². The first-order valence-corrected chi connectivity index (χ1v) is 5.52. The molecule has 0 aliphatic heterocycles. The zero-order valence-electron chi connectivity index (χ0n) is 9.70. The summed E-state index contributed by atoms with van der Waals surface area (Å²) in [5.74, 6) is 1.10. The Bertz CT molecular complexity index is 434. The van der Waals surface area contributed by atoms with Crippen LogP contribution in [-0.4, -0.2) is 15.9 Å². The maximum atomic E-state index is 5.32. The van der Waals surface area contributed by atoms with E-state index in [1.54, 1.807) is 0 Å². The van der Waals surface area contributed by atoms with Crippen LogP contribution in [0.3, 0.4) is 0 Å². The van der Waals surface area contributed by atoms with Gasteiger partial charge in [-0.1, -0.05) is 6.92 Å². The number of aromatic nitrogens is 2. The van der Waals surface area contributed by atoms with Crippen molar-refractivity contribution in [3.05, 3.63) is 17.0 Å². The van der Waals surface area contributed by atoms with Gasteiger partial charge in [0.05, 0.1) is 0 Å². The molecule has 1 aromatic rings. The molecular formula is C11H17N5. The van der Waals surface area contributed by atoms with Crippen LogP contribution in [0.25, 0.3) is 0 Å². The third-order valence-corrected chi connectivity index (χ3v) is 2.94. The van der Waals surface area contributed by atoms with Crippen LogP contribution in [-0.2, 0) is 12.8 Å². The van der Waals surface area contributed by atoms with E-state index in [4.69, 9.17) is 11.5 Å². The van der Waals surface area contributed by atoms with Crippen molar-refractivity contribution in [2.24, 2.45) is 22.4 Å². The fourth-order valence-corrected chi connectivity index (χ4v) is 2.11. The van der Waals surface area contributed by atoms with E-state index in [9.17, 15) is 0 Å². The van der Waals surface area contributed by atoms with Crippen molar-refractivity contribution in [1.29, 1.82) is 0 Å². The molecule has 1 aliphatic carbocycles. The second-order valence-electron chi connectivity index (χ2n) is 4.42. The fourth-order valence-electron chi connectivity index (χ4n) is 2.11. The number of aryl methyl sites for hydroxylation is 2. The highest BCUT2D eigenvalue weighted by Gasteiger charge is 2.19. The SMILES string of the molecule is Cc1nc(N=C(N)N)nc2c1CC(C)CC2. The normalized spacial score (nSPS) is 19.0. The van der Waals surface area contributed by atoms with E-state index in [0.29, 0.717) is 11.9 Å². The minimum Gasteiger partial charge on any atom is -0.370 e. The molecule has 5 heteroatoms. The predicted octanol–water partition coefficient (Wildman–Crippen LogP) is 0.815. The van der Waals surface area contributed by atoms with E-state index in [0.717, 1.165) is 24.2 Å². The minimum atomic E-state index is 0.00327. The van der Waals surface area contributed by atoms with Gasteiger partial charge < -0.3 is 11.5 Å². The van der Waals surface area contributed by atoms with E-state index >= 15 is 0 Å². The minimum absolute atomic E-state index is 0.00327. The van der Waals surface area contributed by atoms with Gasteiger partial charge in [-0.3, -0.25) is 0 Å². The molecule has 0 amide bonds. The Balaban J connectivity index is 2.42. The third-order valence-electron chi connectivity index (χ3n) is 2.94. The number of nitrogens with two attached hydrogens (primary N) is 2. The zero-order chi connectivity index (χ0) is 11.7. The van der Waals surface area contributed by atoms with Crippen molar-refractivity contribution >= 4 is 11.9 Å². The summed E-state index contributed by atoms with van der Waals surface area (Å²) < 4.78 is 0. The molecule has 5 nitrogen and oxygen atoms in total. The van der Waals surface area contributed by atoms with Crippen LogP contribution in [0, 0.1) is 12.8 Å². The van der Waals surface area contributed by atoms with Crippen molar-refractivity contribution in [2.45, 2.75) is 33.1 Å². The van der Waals surface area contributed by atoms with Crippen molar-refractivity contribution in [2.75, 3.05) is 0 Å². The van der Waals surface area contributed by atoms with Crippen LogP contribution in [0.5, 0.6) is 0 Å². The lowest BCUT2D eigenvalue weighted by atomic mass is 9.87. The number of hydrogen-bond acceptors (Lipinski definition) is 3. The van der Waals surface area contributed by atoms with E-state index in [1.807, 2.05) is 6.92 Å². The molecule has 16 heavy (non-hydrogen) atoms. The second kappa shape index (κ2) is 4.08. The highest BCUT2D eigenvalue weighted by molar-refractivity contribution is 5.77. The Labute approximate surface area is 95.0 Å². The van der Waals surface area contributed by atoms with Crippen molar-refractivity contribution in [1.82, 2.24) is 9.97 Å². The molecule has 1 atom stereocenters. The Hall–Kier alpha value is -1.65. The topological polar surface area (TPSA) is 90.2 Å². The first kappa shape index (κ1) is 10.9. The van der Waals surface area contributed by atoms with E-state index in [-0.39, 0.29) is 5.96 Å². The molecule has 0 bridgehead atoms. The Morgan fingerprint density at radius 2 is 2.12 bits per heavy atom. The number of guanidine groups is 1. The van der Waals surface area contributed by atoms with Gasteiger partial charge in [-0.05, 0) is 37.7 Å². The average Bonchev–Trinajstić information content (AvgIpc) is 2.18. The molecule has 86 valence electrons. The average molecular weight is 219 g/mol. The molecule has 0 radical (unpaired) electrons. The molecule has 0 fully saturated rings. The number of aliphatic imine (C=N–C) groups is 1. The van der Waals surface area contributed by atoms with Gasteiger partial charge in [-0.2, -0.15) is 4.99 Å². The second-order valence-corrected chi connectivity index (χ2v) is 4.42. The summed E-state index contributed by atoms with van der Waals surface area (Å²) in [6, 6.07) is 0. The maximum absolute atomic E-state index is 5.32. The van der Waals surface area contributed by atoms with Crippen LogP contribution in [0.1, 0.15) is 30.3 Å². The van der Waals surface area contributed by atoms with E-state index < -0.39 is 0 Å². The van der Waals surface area contributed by atoms with Gasteiger partial charge in [0.15, 0.2) is 5.96 Å². The summed E-state index contributed by atoms with van der Waals surface area (Å²) in [5.41, 5.74) is 14.0. The maximum Gasteiger partial charge on any atom is 0.253 e. The zero-order valence-corrected chi connectivity index (χ0v) is 9.70. The summed E-state index contributed by atoms with van der Waals surface area (Å²) in [6.07, 6.45) is 3.22. The lowest BCUT2D eigenvalue weighted by Gasteiger charge is -2.21. The summed E-state index contributed by atoms with van der Waals surface area (Å²) in [7, 11) is 0. The van der Waals surface area contributed by atoms with Crippen molar-refractivity contribution in [3.63, 3.8) is 0 Å². The van der Waals surface area contributed by atoms with Crippen molar-refractivity contribution < 1.29 is 0 Å². The lowest BCUT2D eigenvalue weighted by Crippen LogP contribution is -2.22. The molecule has 1 heterocycles. The fraction of sp³-hybridized carbons (Fsp3) is 0.545. The van der Waals surface area contributed by atoms with Gasteiger partial charge in [0, 0.05) is 11.4 Å². The standard InChI is InChI=1S/C11H17N5/c1-6-3-4-9-8(5-6)7(2)14-11(15-9)16-10(12)13/h6H,3-5H2,1-2H3,(H4,12,13,14,15,16). The molecular weight excluding hydrogens is 202 g/mol. The van der Waals surface area contributed by atoms with Crippen LogP contribution >= 0.6 is 0 Å². The van der Waals surface area contributed by atoms with Gasteiger partial charge in [0.2, 0.25) is 0 Å². The largest absolute Gasteiger partial charge is 0.370 e. The third kappa shape index (κ3) is 2.13. The molecule has 0 aromatic carbocycles. The molecule has 1 aromatic heterocycles. The number of rotatable bonds is 1. The summed E-state index contributed by atoms with van der Waals surface area (Å²) in [4.78, 5) is 12.6. The predicted molar refractivity (Wildman–Crippen MR) is 63.4 cm³/mol. The summed E-state index contributed by atoms with van der Waals surface area (Å²) >= 11 is 0.